The van der Waals surface area contributed by atoms with Gasteiger partial charge in [-0.15, -0.1) is 0 Å². The third-order valence-corrected chi connectivity index (χ3v) is 4.42. The molecule has 1 N–H and O–H groups in total. The summed E-state index contributed by atoms with van der Waals surface area (Å²) in [5, 5.41) is 11.2. The Balaban J connectivity index is 2.25. The molecule has 0 saturated carbocycles. The lowest BCUT2D eigenvalue weighted by molar-refractivity contribution is 0.0179. The Morgan fingerprint density at radius 3 is 2.74 bits per heavy atom. The van der Waals surface area contributed by atoms with Crippen molar-refractivity contribution >= 4 is 11.6 Å². The fourth-order valence-electron chi connectivity index (χ4n) is 2.25. The molecule has 19 heavy (non-hydrogen) atoms. The lowest BCUT2D eigenvalue weighted by atomic mass is 9.90. The summed E-state index contributed by atoms with van der Waals surface area (Å²) in [5.41, 5.74) is 1.85. The van der Waals surface area contributed by atoms with Crippen molar-refractivity contribution in [2.24, 2.45) is 0 Å². The highest BCUT2D eigenvalue weighted by molar-refractivity contribution is 6.30. The first-order chi connectivity index (χ1) is 8.82. The molecule has 3 nitrogen and oxygen atoms in total. The predicted octanol–water partition coefficient (Wildman–Crippen LogP) is 2.52. The summed E-state index contributed by atoms with van der Waals surface area (Å²) in [6.45, 7) is 4.77. The highest BCUT2D eigenvalue weighted by atomic mass is 35.5. The van der Waals surface area contributed by atoms with Crippen molar-refractivity contribution in [3.63, 3.8) is 0 Å². The molecule has 1 aliphatic rings. The minimum Gasteiger partial charge on any atom is -0.493 e. The number of nitrogens with zero attached hydrogens (tertiary/aromatic N) is 1. The summed E-state index contributed by atoms with van der Waals surface area (Å²) >= 11 is 6.14. The van der Waals surface area contributed by atoms with E-state index in [1.54, 1.807) is 0 Å². The summed E-state index contributed by atoms with van der Waals surface area (Å²) in [6, 6.07) is 3.86. The minimum atomic E-state index is -0.478. The van der Waals surface area contributed by atoms with Crippen molar-refractivity contribution in [3.8, 4) is 5.75 Å². The van der Waals surface area contributed by atoms with Crippen molar-refractivity contribution in [2.75, 3.05) is 20.7 Å². The average Bonchev–Trinajstić information content (AvgIpc) is 2.76. The number of aliphatic hydroxyl groups is 1. The van der Waals surface area contributed by atoms with E-state index in [4.69, 9.17) is 16.3 Å². The molecule has 0 aliphatic carbocycles. The van der Waals surface area contributed by atoms with Crippen molar-refractivity contribution in [1.29, 1.82) is 0 Å². The van der Waals surface area contributed by atoms with Crippen molar-refractivity contribution in [2.45, 2.75) is 38.3 Å². The molecule has 0 spiro atoms. The van der Waals surface area contributed by atoms with Gasteiger partial charge in [0, 0.05) is 23.4 Å². The molecule has 1 aliphatic heterocycles. The average molecular weight is 284 g/mol. The van der Waals surface area contributed by atoms with E-state index in [0.29, 0.717) is 18.1 Å². The number of fused-ring (bicyclic) bond motifs is 1. The molecule has 1 aromatic rings. The SMILES string of the molecule is CN(C)C(C)(C)C(O)Cc1cc(Cl)cc2c1OCC2. The lowest BCUT2D eigenvalue weighted by Gasteiger charge is -2.37. The van der Waals surface area contributed by atoms with Gasteiger partial charge in [-0.1, -0.05) is 11.6 Å². The van der Waals surface area contributed by atoms with E-state index >= 15 is 0 Å². The Bertz CT molecular complexity index is 471. The third kappa shape index (κ3) is 2.88. The van der Waals surface area contributed by atoms with Gasteiger partial charge in [-0.2, -0.15) is 0 Å². The molecule has 1 aromatic carbocycles. The fourth-order valence-corrected chi connectivity index (χ4v) is 2.52. The molecule has 1 heterocycles. The number of benzene rings is 1. The molecule has 0 saturated heterocycles. The standard InChI is InChI=1S/C15H22ClNO2/c1-15(2,17(3)4)13(18)9-11-8-12(16)7-10-5-6-19-14(10)11/h7-8,13,18H,5-6,9H2,1-4H3. The van der Waals surface area contributed by atoms with Gasteiger partial charge < -0.3 is 14.7 Å². The van der Waals surface area contributed by atoms with Gasteiger partial charge in [0.1, 0.15) is 5.75 Å². The smallest absolute Gasteiger partial charge is 0.126 e. The van der Waals surface area contributed by atoms with Crippen molar-refractivity contribution < 1.29 is 9.84 Å². The first-order valence-electron chi connectivity index (χ1n) is 6.62. The Kier molecular flexibility index (Phi) is 4.09. The van der Waals surface area contributed by atoms with E-state index in [2.05, 4.69) is 0 Å². The normalized spacial score (nSPS) is 16.4. The number of halogens is 1. The largest absolute Gasteiger partial charge is 0.493 e. The molecule has 1 atom stereocenters. The molecular formula is C15H22ClNO2. The molecule has 1 unspecified atom stereocenters. The summed E-state index contributed by atoms with van der Waals surface area (Å²) in [7, 11) is 3.95. The van der Waals surface area contributed by atoms with Crippen molar-refractivity contribution in [1.82, 2.24) is 4.90 Å². The molecular weight excluding hydrogens is 262 g/mol. The minimum absolute atomic E-state index is 0.298. The van der Waals surface area contributed by atoms with Gasteiger partial charge in [0.05, 0.1) is 12.7 Å². The van der Waals surface area contributed by atoms with Crippen LogP contribution in [0.25, 0.3) is 0 Å². The number of hydrogen-bond acceptors (Lipinski definition) is 3. The zero-order valence-corrected chi connectivity index (χ0v) is 12.8. The van der Waals surface area contributed by atoms with Gasteiger partial charge in [-0.25, -0.2) is 0 Å². The van der Waals surface area contributed by atoms with Gasteiger partial charge >= 0.3 is 0 Å². The highest BCUT2D eigenvalue weighted by Crippen LogP contribution is 2.34. The van der Waals surface area contributed by atoms with Crippen LogP contribution in [-0.2, 0) is 12.8 Å². The topological polar surface area (TPSA) is 32.7 Å². The van der Waals surface area contributed by atoms with Crippen LogP contribution < -0.4 is 4.74 Å². The van der Waals surface area contributed by atoms with Gasteiger partial charge in [0.25, 0.3) is 0 Å². The van der Waals surface area contributed by atoms with Gasteiger partial charge in [0.15, 0.2) is 0 Å². The number of hydrogen-bond donors (Lipinski definition) is 1. The van der Waals surface area contributed by atoms with Crippen LogP contribution in [0, 0.1) is 0 Å². The van der Waals surface area contributed by atoms with Crippen LogP contribution in [-0.4, -0.2) is 42.4 Å². The van der Waals surface area contributed by atoms with Crippen LogP contribution >= 0.6 is 11.6 Å². The maximum atomic E-state index is 10.5. The first kappa shape index (κ1) is 14.6. The predicted molar refractivity (Wildman–Crippen MR) is 78.1 cm³/mol. The molecule has 0 fully saturated rings. The van der Waals surface area contributed by atoms with Crippen LogP contribution in [0.4, 0.5) is 0 Å². The quantitative estimate of drug-likeness (QED) is 0.922. The van der Waals surface area contributed by atoms with Gasteiger partial charge in [-0.05, 0) is 51.2 Å². The lowest BCUT2D eigenvalue weighted by Crippen LogP contribution is -2.49. The number of rotatable bonds is 4. The maximum absolute atomic E-state index is 10.5. The molecule has 2 rings (SSSR count). The summed E-state index contributed by atoms with van der Waals surface area (Å²) in [6.07, 6.45) is 0.971. The highest BCUT2D eigenvalue weighted by Gasteiger charge is 2.31. The second-order valence-electron chi connectivity index (χ2n) is 5.92. The zero-order chi connectivity index (χ0) is 14.2. The van der Waals surface area contributed by atoms with Crippen LogP contribution in [0.5, 0.6) is 5.75 Å². The zero-order valence-electron chi connectivity index (χ0n) is 12.0. The summed E-state index contributed by atoms with van der Waals surface area (Å²) < 4.78 is 5.68. The number of likely N-dealkylation sites (N-methyl/N-ethyl adjacent to an activating group) is 1. The van der Waals surface area contributed by atoms with E-state index < -0.39 is 6.10 Å². The van der Waals surface area contributed by atoms with Crippen LogP contribution in [0.1, 0.15) is 25.0 Å². The van der Waals surface area contributed by atoms with Crippen LogP contribution in [0.3, 0.4) is 0 Å². The summed E-state index contributed by atoms with van der Waals surface area (Å²) in [5.74, 6) is 0.915. The van der Waals surface area contributed by atoms with Crippen LogP contribution in [0.15, 0.2) is 12.1 Å². The third-order valence-electron chi connectivity index (χ3n) is 4.21. The van der Waals surface area contributed by atoms with E-state index in [0.717, 1.165) is 23.3 Å². The molecule has 0 amide bonds. The number of aliphatic hydroxyl groups excluding tert-OH is 1. The Labute approximate surface area is 120 Å². The maximum Gasteiger partial charge on any atom is 0.126 e. The molecule has 0 bridgehead atoms. The van der Waals surface area contributed by atoms with Gasteiger partial charge in [0.2, 0.25) is 0 Å². The van der Waals surface area contributed by atoms with E-state index in [1.165, 1.54) is 0 Å². The Morgan fingerprint density at radius 1 is 1.42 bits per heavy atom. The van der Waals surface area contributed by atoms with E-state index in [1.807, 2.05) is 45.0 Å². The van der Waals surface area contributed by atoms with Crippen molar-refractivity contribution in [3.05, 3.63) is 28.3 Å². The number of ether oxygens (including phenoxy) is 1. The van der Waals surface area contributed by atoms with E-state index in [9.17, 15) is 5.11 Å². The second-order valence-corrected chi connectivity index (χ2v) is 6.36. The first-order valence-corrected chi connectivity index (χ1v) is 6.99. The molecule has 0 radical (unpaired) electrons. The van der Waals surface area contributed by atoms with Gasteiger partial charge in [-0.3, -0.25) is 0 Å². The molecule has 0 aromatic heterocycles. The second kappa shape index (κ2) is 5.31. The van der Waals surface area contributed by atoms with E-state index in [-0.39, 0.29) is 5.54 Å². The summed E-state index contributed by atoms with van der Waals surface area (Å²) in [4.78, 5) is 2.03. The molecule has 106 valence electrons. The molecule has 4 heteroatoms. The monoisotopic (exact) mass is 283 g/mol. The Morgan fingerprint density at radius 2 is 2.11 bits per heavy atom. The Hall–Kier alpha value is -0.770. The fraction of sp³-hybridized carbons (Fsp3) is 0.600. The van der Waals surface area contributed by atoms with Crippen LogP contribution in [0.2, 0.25) is 5.02 Å².